The molecule has 3 N–H and O–H groups in total. The fraction of sp³-hybridized carbons (Fsp3) is 0.636. The van der Waals surface area contributed by atoms with E-state index in [4.69, 9.17) is 10.3 Å². The van der Waals surface area contributed by atoms with Crippen LogP contribution in [0.5, 0.6) is 0 Å². The first-order valence-electron chi connectivity index (χ1n) is 5.79. The highest BCUT2D eigenvalue weighted by molar-refractivity contribution is 5.91. The Hall–Kier alpha value is -1.40. The molecule has 1 saturated heterocycles. The van der Waals surface area contributed by atoms with Crippen molar-refractivity contribution in [3.05, 3.63) is 11.8 Å². The maximum atomic E-state index is 11.6. The van der Waals surface area contributed by atoms with Crippen LogP contribution in [0.3, 0.4) is 0 Å². The van der Waals surface area contributed by atoms with Gasteiger partial charge in [-0.2, -0.15) is 0 Å². The number of carbonyl (C=O) groups excluding carboxylic acids is 1. The highest BCUT2D eigenvalue weighted by Crippen LogP contribution is 2.17. The molecule has 0 radical (unpaired) electrons. The van der Waals surface area contributed by atoms with Crippen molar-refractivity contribution < 1.29 is 9.32 Å². The molecular formula is C11H18N4O2. The lowest BCUT2D eigenvalue weighted by molar-refractivity contribution is -0.118. The minimum Gasteiger partial charge on any atom is -0.338 e. The molecule has 0 bridgehead atoms. The molecule has 6 heteroatoms. The van der Waals surface area contributed by atoms with Crippen molar-refractivity contribution in [2.75, 3.05) is 25.0 Å². The smallest absolute Gasteiger partial charge is 0.240 e. The summed E-state index contributed by atoms with van der Waals surface area (Å²) in [7, 11) is 0. The van der Waals surface area contributed by atoms with Gasteiger partial charge in [0.2, 0.25) is 11.8 Å². The first kappa shape index (κ1) is 12.1. The van der Waals surface area contributed by atoms with Crippen LogP contribution in [-0.4, -0.2) is 41.6 Å². The predicted octanol–water partition coefficient (Wildman–Crippen LogP) is 0.379. The molecule has 0 atom stereocenters. The number of nitrogens with one attached hydrogen (secondary N) is 1. The third kappa shape index (κ3) is 3.04. The summed E-state index contributed by atoms with van der Waals surface area (Å²) >= 11 is 0. The zero-order valence-corrected chi connectivity index (χ0v) is 10.1. The third-order valence-corrected chi connectivity index (χ3v) is 2.74. The van der Waals surface area contributed by atoms with E-state index in [2.05, 4.69) is 10.5 Å². The van der Waals surface area contributed by atoms with E-state index in [9.17, 15) is 4.79 Å². The molecule has 6 nitrogen and oxygen atoms in total. The number of nitrogens with two attached hydrogens (primary N) is 1. The van der Waals surface area contributed by atoms with E-state index >= 15 is 0 Å². The van der Waals surface area contributed by atoms with Crippen molar-refractivity contribution in [1.82, 2.24) is 10.1 Å². The zero-order valence-electron chi connectivity index (χ0n) is 10.1. The summed E-state index contributed by atoms with van der Waals surface area (Å²) in [4.78, 5) is 13.6. The molecule has 17 heavy (non-hydrogen) atoms. The van der Waals surface area contributed by atoms with Gasteiger partial charge in [-0.3, -0.25) is 15.0 Å². The van der Waals surface area contributed by atoms with Crippen LogP contribution in [0.15, 0.2) is 10.6 Å². The minimum absolute atomic E-state index is 0.0941. The lowest BCUT2D eigenvalue weighted by atomic mass is 10.1. The Bertz CT molecular complexity index is 396. The molecule has 2 rings (SSSR count). The quantitative estimate of drug-likeness (QED) is 0.792. The first-order valence-corrected chi connectivity index (χ1v) is 5.79. The molecule has 0 saturated carbocycles. The average molecular weight is 238 g/mol. The number of rotatable bonds is 4. The first-order chi connectivity index (χ1) is 8.04. The van der Waals surface area contributed by atoms with Crippen LogP contribution < -0.4 is 11.1 Å². The van der Waals surface area contributed by atoms with E-state index in [1.807, 2.05) is 18.7 Å². The minimum atomic E-state index is -0.0941. The number of nitrogens with zero attached hydrogens (tertiary/aromatic N) is 2. The molecule has 1 aromatic heterocycles. The molecule has 2 heterocycles. The van der Waals surface area contributed by atoms with Crippen LogP contribution in [0, 0.1) is 0 Å². The summed E-state index contributed by atoms with van der Waals surface area (Å²) in [6.07, 6.45) is 0. The number of hydrogen-bond acceptors (Lipinski definition) is 5. The van der Waals surface area contributed by atoms with Gasteiger partial charge in [0.05, 0.1) is 12.2 Å². The number of amides is 1. The Balaban J connectivity index is 1.81. The van der Waals surface area contributed by atoms with Gasteiger partial charge in [-0.25, -0.2) is 0 Å². The lowest BCUT2D eigenvalue weighted by Gasteiger charge is -2.35. The monoisotopic (exact) mass is 238 g/mol. The molecule has 1 amide bonds. The Morgan fingerprint density at radius 1 is 1.71 bits per heavy atom. The maximum Gasteiger partial charge on any atom is 0.240 e. The van der Waals surface area contributed by atoms with Crippen LogP contribution in [0.4, 0.5) is 5.88 Å². The largest absolute Gasteiger partial charge is 0.338 e. The van der Waals surface area contributed by atoms with Gasteiger partial charge >= 0.3 is 0 Å². The molecule has 0 aliphatic carbocycles. The number of carbonyl (C=O) groups is 1. The van der Waals surface area contributed by atoms with Crippen LogP contribution in [-0.2, 0) is 4.79 Å². The topological polar surface area (TPSA) is 84.4 Å². The highest BCUT2D eigenvalue weighted by atomic mass is 16.5. The number of aromatic nitrogens is 1. The molecule has 1 aromatic rings. The Kier molecular flexibility index (Phi) is 3.44. The average Bonchev–Trinajstić information content (AvgIpc) is 2.63. The summed E-state index contributed by atoms with van der Waals surface area (Å²) < 4.78 is 5.03. The molecule has 1 aliphatic heterocycles. The highest BCUT2D eigenvalue weighted by Gasteiger charge is 2.25. The van der Waals surface area contributed by atoms with E-state index in [1.165, 1.54) is 0 Å². The molecule has 0 unspecified atom stereocenters. The standard InChI is InChI=1S/C11H18N4O2/c1-7(2)9-3-11(17-14-9)13-10(16)6-15-4-8(12)5-15/h3,7-8H,4-6,12H2,1-2H3,(H,13,16). The summed E-state index contributed by atoms with van der Waals surface area (Å²) in [6, 6.07) is 1.96. The van der Waals surface area contributed by atoms with Gasteiger partial charge in [0, 0.05) is 25.2 Å². The molecule has 94 valence electrons. The van der Waals surface area contributed by atoms with Gasteiger partial charge in [-0.05, 0) is 5.92 Å². The van der Waals surface area contributed by atoms with Crippen molar-refractivity contribution in [1.29, 1.82) is 0 Å². The van der Waals surface area contributed by atoms with Crippen molar-refractivity contribution in [3.8, 4) is 0 Å². The SMILES string of the molecule is CC(C)c1cc(NC(=O)CN2CC(N)C2)on1. The van der Waals surface area contributed by atoms with Gasteiger partial charge in [0.1, 0.15) is 0 Å². The molecule has 0 spiro atoms. The Labute approximate surface area is 100 Å². The second-order valence-electron chi connectivity index (χ2n) is 4.77. The Morgan fingerprint density at radius 3 is 2.94 bits per heavy atom. The second-order valence-corrected chi connectivity index (χ2v) is 4.77. The van der Waals surface area contributed by atoms with Crippen molar-refractivity contribution in [3.63, 3.8) is 0 Å². The predicted molar refractivity (Wildman–Crippen MR) is 63.6 cm³/mol. The number of likely N-dealkylation sites (tertiary alicyclic amines) is 1. The van der Waals surface area contributed by atoms with Gasteiger partial charge < -0.3 is 10.3 Å². The van der Waals surface area contributed by atoms with E-state index in [0.717, 1.165) is 18.8 Å². The summed E-state index contributed by atoms with van der Waals surface area (Å²) in [6.45, 7) is 5.95. The van der Waals surface area contributed by atoms with Gasteiger partial charge in [0.15, 0.2) is 0 Å². The zero-order chi connectivity index (χ0) is 12.4. The lowest BCUT2D eigenvalue weighted by Crippen LogP contribution is -2.57. The van der Waals surface area contributed by atoms with E-state index < -0.39 is 0 Å². The summed E-state index contributed by atoms with van der Waals surface area (Å²) in [5.41, 5.74) is 6.47. The van der Waals surface area contributed by atoms with Crippen molar-refractivity contribution in [2.45, 2.75) is 25.8 Å². The molecule has 0 aromatic carbocycles. The normalized spacial score (nSPS) is 17.2. The van der Waals surface area contributed by atoms with Gasteiger partial charge in [-0.1, -0.05) is 19.0 Å². The van der Waals surface area contributed by atoms with E-state index in [-0.39, 0.29) is 17.9 Å². The number of hydrogen-bond donors (Lipinski definition) is 2. The maximum absolute atomic E-state index is 11.6. The van der Waals surface area contributed by atoms with Crippen molar-refractivity contribution in [2.24, 2.45) is 5.73 Å². The van der Waals surface area contributed by atoms with Crippen LogP contribution in [0.2, 0.25) is 0 Å². The molecule has 1 fully saturated rings. The van der Waals surface area contributed by atoms with Crippen LogP contribution >= 0.6 is 0 Å². The van der Waals surface area contributed by atoms with Gasteiger partial charge in [0.25, 0.3) is 0 Å². The summed E-state index contributed by atoms with van der Waals surface area (Å²) in [5.74, 6) is 0.602. The third-order valence-electron chi connectivity index (χ3n) is 2.74. The van der Waals surface area contributed by atoms with Gasteiger partial charge in [-0.15, -0.1) is 0 Å². The summed E-state index contributed by atoms with van der Waals surface area (Å²) in [5, 5.41) is 6.55. The second kappa shape index (κ2) is 4.85. The van der Waals surface area contributed by atoms with Crippen LogP contribution in [0.25, 0.3) is 0 Å². The fourth-order valence-electron chi connectivity index (χ4n) is 1.74. The molecular weight excluding hydrogens is 220 g/mol. The van der Waals surface area contributed by atoms with E-state index in [1.54, 1.807) is 6.07 Å². The van der Waals surface area contributed by atoms with E-state index in [0.29, 0.717) is 12.4 Å². The van der Waals surface area contributed by atoms with Crippen molar-refractivity contribution >= 4 is 11.8 Å². The number of anilines is 1. The molecule has 1 aliphatic rings. The van der Waals surface area contributed by atoms with Crippen LogP contribution in [0.1, 0.15) is 25.5 Å². The Morgan fingerprint density at radius 2 is 2.41 bits per heavy atom. The fourth-order valence-corrected chi connectivity index (χ4v) is 1.74.